The van der Waals surface area contributed by atoms with Crippen LogP contribution >= 0.6 is 0 Å². The van der Waals surface area contributed by atoms with Crippen LogP contribution in [-0.2, 0) is 10.2 Å². The second kappa shape index (κ2) is 5.92. The highest BCUT2D eigenvalue weighted by molar-refractivity contribution is 6.06. The molecule has 1 unspecified atom stereocenters. The van der Waals surface area contributed by atoms with E-state index in [0.717, 1.165) is 34.9 Å². The first-order valence-electron chi connectivity index (χ1n) is 9.64. The van der Waals surface area contributed by atoms with Crippen molar-refractivity contribution in [2.45, 2.75) is 45.1 Å². The molecule has 144 valence electrons. The maximum absolute atomic E-state index is 12.2. The van der Waals surface area contributed by atoms with E-state index in [1.54, 1.807) is 10.7 Å². The van der Waals surface area contributed by atoms with Crippen molar-refractivity contribution in [3.05, 3.63) is 36.2 Å². The number of carbonyl (C=O) groups is 1. The van der Waals surface area contributed by atoms with Gasteiger partial charge in [0.15, 0.2) is 11.5 Å². The summed E-state index contributed by atoms with van der Waals surface area (Å²) in [7, 11) is 0. The van der Waals surface area contributed by atoms with Crippen molar-refractivity contribution < 1.29 is 4.79 Å². The van der Waals surface area contributed by atoms with Gasteiger partial charge in [-0.25, -0.2) is 9.50 Å². The standard InChI is InChI=1S/C20H23N7O/c1-12-5-4-9-26(12)16-17-24-19(25-27(17)10-8-21-16)22-13-6-7-14-15(11-13)23-18(28)20(14,2)3/h6-8,10-12H,4-5,9H2,1-3H3,(H,22,25)(H,23,28). The Morgan fingerprint density at radius 1 is 1.32 bits per heavy atom. The van der Waals surface area contributed by atoms with Crippen molar-refractivity contribution in [3.63, 3.8) is 0 Å². The summed E-state index contributed by atoms with van der Waals surface area (Å²) in [5.41, 5.74) is 2.89. The smallest absolute Gasteiger partial charge is 0.247 e. The third kappa shape index (κ3) is 2.51. The molecule has 1 saturated heterocycles. The van der Waals surface area contributed by atoms with Crippen LogP contribution < -0.4 is 15.5 Å². The van der Waals surface area contributed by atoms with Crippen molar-refractivity contribution in [1.29, 1.82) is 0 Å². The van der Waals surface area contributed by atoms with E-state index in [4.69, 9.17) is 0 Å². The number of fused-ring (bicyclic) bond motifs is 2. The van der Waals surface area contributed by atoms with Crippen LogP contribution in [0.15, 0.2) is 30.6 Å². The molecule has 0 saturated carbocycles. The highest BCUT2D eigenvalue weighted by Gasteiger charge is 2.38. The van der Waals surface area contributed by atoms with Crippen LogP contribution in [0.3, 0.4) is 0 Å². The van der Waals surface area contributed by atoms with Gasteiger partial charge in [-0.3, -0.25) is 4.79 Å². The van der Waals surface area contributed by atoms with Gasteiger partial charge in [0.05, 0.1) is 5.41 Å². The number of nitrogens with zero attached hydrogens (tertiary/aromatic N) is 5. The highest BCUT2D eigenvalue weighted by atomic mass is 16.2. The molecular weight excluding hydrogens is 354 g/mol. The third-order valence-electron chi connectivity index (χ3n) is 5.83. The summed E-state index contributed by atoms with van der Waals surface area (Å²) in [5.74, 6) is 1.39. The van der Waals surface area contributed by atoms with Crippen molar-refractivity contribution in [3.8, 4) is 0 Å². The number of nitrogens with one attached hydrogen (secondary N) is 2. The predicted molar refractivity (Wildman–Crippen MR) is 108 cm³/mol. The first-order chi connectivity index (χ1) is 13.4. The van der Waals surface area contributed by atoms with E-state index in [2.05, 4.69) is 37.5 Å². The van der Waals surface area contributed by atoms with Gasteiger partial charge in [-0.05, 0) is 51.3 Å². The van der Waals surface area contributed by atoms with E-state index < -0.39 is 5.41 Å². The lowest BCUT2D eigenvalue weighted by molar-refractivity contribution is -0.119. The van der Waals surface area contributed by atoms with Crippen LogP contribution in [0, 0.1) is 0 Å². The SMILES string of the molecule is CC1CCCN1c1nccn2nc(Nc3ccc4c(c3)NC(=O)C4(C)C)nc12. The molecule has 2 aliphatic rings. The Hall–Kier alpha value is -3.16. The Morgan fingerprint density at radius 2 is 2.18 bits per heavy atom. The molecule has 3 aromatic rings. The minimum Gasteiger partial charge on any atom is -0.351 e. The Morgan fingerprint density at radius 3 is 2.96 bits per heavy atom. The molecule has 4 heterocycles. The largest absolute Gasteiger partial charge is 0.351 e. The van der Waals surface area contributed by atoms with Gasteiger partial charge in [-0.1, -0.05) is 6.07 Å². The summed E-state index contributed by atoms with van der Waals surface area (Å²) in [5, 5.41) is 10.7. The van der Waals surface area contributed by atoms with Crippen molar-refractivity contribution in [2.75, 3.05) is 22.1 Å². The average molecular weight is 377 g/mol. The van der Waals surface area contributed by atoms with Gasteiger partial charge in [0.25, 0.3) is 0 Å². The van der Waals surface area contributed by atoms with E-state index in [-0.39, 0.29) is 5.91 Å². The monoisotopic (exact) mass is 377 g/mol. The third-order valence-corrected chi connectivity index (χ3v) is 5.83. The molecule has 0 spiro atoms. The fraction of sp³-hybridized carbons (Fsp3) is 0.400. The summed E-state index contributed by atoms with van der Waals surface area (Å²) >= 11 is 0. The van der Waals surface area contributed by atoms with Gasteiger partial charge >= 0.3 is 0 Å². The quantitative estimate of drug-likeness (QED) is 0.729. The van der Waals surface area contributed by atoms with Crippen LogP contribution in [0.5, 0.6) is 0 Å². The van der Waals surface area contributed by atoms with Crippen molar-refractivity contribution in [1.82, 2.24) is 19.6 Å². The normalized spacial score (nSPS) is 20.5. The summed E-state index contributed by atoms with van der Waals surface area (Å²) in [4.78, 5) is 23.7. The zero-order valence-corrected chi connectivity index (χ0v) is 16.2. The van der Waals surface area contributed by atoms with E-state index in [1.807, 2.05) is 38.2 Å². The van der Waals surface area contributed by atoms with Gasteiger partial charge in [-0.2, -0.15) is 4.98 Å². The summed E-state index contributed by atoms with van der Waals surface area (Å²) in [6, 6.07) is 6.31. The second-order valence-corrected chi connectivity index (χ2v) is 8.10. The van der Waals surface area contributed by atoms with Gasteiger partial charge in [-0.15, -0.1) is 5.10 Å². The van der Waals surface area contributed by atoms with Crippen molar-refractivity contribution >= 4 is 34.7 Å². The van der Waals surface area contributed by atoms with Crippen LogP contribution in [0.1, 0.15) is 39.2 Å². The van der Waals surface area contributed by atoms with E-state index in [9.17, 15) is 4.79 Å². The average Bonchev–Trinajstić information content (AvgIpc) is 3.31. The maximum Gasteiger partial charge on any atom is 0.247 e. The fourth-order valence-corrected chi connectivity index (χ4v) is 4.11. The number of hydrogen-bond donors (Lipinski definition) is 2. The lowest BCUT2D eigenvalue weighted by atomic mass is 9.86. The molecule has 8 nitrogen and oxygen atoms in total. The molecule has 2 aromatic heterocycles. The predicted octanol–water partition coefficient (Wildman–Crippen LogP) is 3.09. The number of rotatable bonds is 3. The second-order valence-electron chi connectivity index (χ2n) is 8.10. The van der Waals surface area contributed by atoms with Crippen LogP contribution in [0.2, 0.25) is 0 Å². The minimum atomic E-state index is -0.512. The molecule has 1 atom stereocenters. The first kappa shape index (κ1) is 17.0. The summed E-state index contributed by atoms with van der Waals surface area (Å²) in [6.07, 6.45) is 5.90. The number of amides is 1. The molecule has 8 heteroatoms. The van der Waals surface area contributed by atoms with Gasteiger partial charge in [0, 0.05) is 36.4 Å². The Kier molecular flexibility index (Phi) is 3.59. The zero-order valence-electron chi connectivity index (χ0n) is 16.2. The lowest BCUT2D eigenvalue weighted by Crippen LogP contribution is -2.27. The van der Waals surface area contributed by atoms with Crippen molar-refractivity contribution in [2.24, 2.45) is 0 Å². The number of aromatic nitrogens is 4. The Labute approximate surface area is 163 Å². The van der Waals surface area contributed by atoms with Gasteiger partial charge < -0.3 is 15.5 Å². The Bertz CT molecular complexity index is 1090. The summed E-state index contributed by atoms with van der Waals surface area (Å²) in [6.45, 7) is 7.06. The van der Waals surface area contributed by atoms with E-state index >= 15 is 0 Å². The number of carbonyl (C=O) groups excluding carboxylic acids is 1. The molecule has 28 heavy (non-hydrogen) atoms. The van der Waals surface area contributed by atoms with E-state index in [0.29, 0.717) is 12.0 Å². The molecule has 2 N–H and O–H groups in total. The van der Waals surface area contributed by atoms with E-state index in [1.165, 1.54) is 12.8 Å². The van der Waals surface area contributed by atoms with Gasteiger partial charge in [0.2, 0.25) is 11.9 Å². The minimum absolute atomic E-state index is 0.0148. The highest BCUT2D eigenvalue weighted by Crippen LogP contribution is 2.39. The molecular formula is C20H23N7O. The number of benzene rings is 1. The molecule has 1 aromatic carbocycles. The molecule has 0 aliphatic carbocycles. The van der Waals surface area contributed by atoms with Crippen LogP contribution in [0.4, 0.5) is 23.1 Å². The molecule has 5 rings (SSSR count). The van der Waals surface area contributed by atoms with Crippen LogP contribution in [-0.4, -0.2) is 38.1 Å². The topological polar surface area (TPSA) is 87.5 Å². The number of hydrogen-bond acceptors (Lipinski definition) is 6. The fourth-order valence-electron chi connectivity index (χ4n) is 4.11. The number of anilines is 4. The van der Waals surface area contributed by atoms with Crippen LogP contribution in [0.25, 0.3) is 5.65 Å². The maximum atomic E-state index is 12.2. The first-order valence-corrected chi connectivity index (χ1v) is 9.64. The Balaban J connectivity index is 1.47. The lowest BCUT2D eigenvalue weighted by Gasteiger charge is -2.22. The molecule has 1 amide bonds. The molecule has 0 bridgehead atoms. The van der Waals surface area contributed by atoms with Gasteiger partial charge in [0.1, 0.15) is 0 Å². The molecule has 2 aliphatic heterocycles. The summed E-state index contributed by atoms with van der Waals surface area (Å²) < 4.78 is 1.76. The molecule has 1 fully saturated rings. The molecule has 0 radical (unpaired) electrons. The zero-order chi connectivity index (χ0) is 19.5.